The van der Waals surface area contributed by atoms with Gasteiger partial charge in [0.1, 0.15) is 11.4 Å². The van der Waals surface area contributed by atoms with Crippen molar-refractivity contribution in [3.05, 3.63) is 99.0 Å². The van der Waals surface area contributed by atoms with E-state index in [0.717, 1.165) is 21.9 Å². The lowest BCUT2D eigenvalue weighted by atomic mass is 10.1. The molecule has 1 aliphatic heterocycles. The summed E-state index contributed by atoms with van der Waals surface area (Å²) in [6, 6.07) is 14.9. The van der Waals surface area contributed by atoms with Crippen molar-refractivity contribution in [3.8, 4) is 0 Å². The van der Waals surface area contributed by atoms with Crippen molar-refractivity contribution in [2.45, 2.75) is 0 Å². The second-order valence-electron chi connectivity index (χ2n) is 7.09. The third kappa shape index (κ3) is 2.95. The Balaban J connectivity index is 1.60. The molecule has 0 saturated heterocycles. The molecule has 3 aromatic carbocycles. The van der Waals surface area contributed by atoms with Crippen molar-refractivity contribution >= 4 is 46.2 Å². The molecule has 2 heterocycles. The van der Waals surface area contributed by atoms with Gasteiger partial charge in [0.2, 0.25) is 0 Å². The highest BCUT2D eigenvalue weighted by atomic mass is 19.1. The van der Waals surface area contributed by atoms with Crippen LogP contribution in [0.4, 0.5) is 15.8 Å². The number of benzene rings is 3. The summed E-state index contributed by atoms with van der Waals surface area (Å²) in [6.45, 7) is 0. The number of H-pyrrole nitrogens is 1. The number of imide groups is 1. The van der Waals surface area contributed by atoms with Crippen LogP contribution in [0.1, 0.15) is 32.0 Å². The molecule has 0 radical (unpaired) electrons. The van der Waals surface area contributed by atoms with Gasteiger partial charge in [-0.3, -0.25) is 24.8 Å². The molecule has 0 fully saturated rings. The van der Waals surface area contributed by atoms with Gasteiger partial charge >= 0.3 is 0 Å². The highest BCUT2D eigenvalue weighted by molar-refractivity contribution is 6.36. The molecule has 4 aromatic rings. The van der Waals surface area contributed by atoms with Crippen molar-refractivity contribution in [2.75, 3.05) is 4.90 Å². The summed E-state index contributed by atoms with van der Waals surface area (Å²) in [4.78, 5) is 37.5. The topological polar surface area (TPSA) is 109 Å². The summed E-state index contributed by atoms with van der Waals surface area (Å²) in [7, 11) is 0. The molecule has 1 aliphatic rings. The third-order valence-corrected chi connectivity index (χ3v) is 5.24. The molecule has 0 saturated carbocycles. The standard InChI is InChI=1S/C23H13FN4O4/c24-14-9-11-19(13(12-14)8-10-18-15-4-1-2-6-17(15)25-26-18)27-22(29)16-5-3-7-20(28(31)32)21(16)23(27)30/h1-12H,(H,25,26)/b10-8+. The zero-order valence-corrected chi connectivity index (χ0v) is 16.3. The summed E-state index contributed by atoms with van der Waals surface area (Å²) in [5.74, 6) is -2.10. The monoisotopic (exact) mass is 428 g/mol. The number of carbonyl (C=O) groups is 2. The fourth-order valence-electron chi connectivity index (χ4n) is 3.78. The van der Waals surface area contributed by atoms with Crippen molar-refractivity contribution < 1.29 is 18.9 Å². The molecule has 0 atom stereocenters. The van der Waals surface area contributed by atoms with Gasteiger partial charge in [0, 0.05) is 17.0 Å². The minimum absolute atomic E-state index is 0.0678. The Morgan fingerprint density at radius 2 is 1.81 bits per heavy atom. The van der Waals surface area contributed by atoms with Gasteiger partial charge in [0.15, 0.2) is 0 Å². The maximum Gasteiger partial charge on any atom is 0.283 e. The summed E-state index contributed by atoms with van der Waals surface area (Å²) in [6.07, 6.45) is 3.18. The minimum atomic E-state index is -0.830. The molecular weight excluding hydrogens is 415 g/mol. The molecule has 0 aliphatic carbocycles. The van der Waals surface area contributed by atoms with Crippen LogP contribution in [0, 0.1) is 15.9 Å². The van der Waals surface area contributed by atoms with Gasteiger partial charge in [-0.05, 0) is 36.4 Å². The number of nitro benzene ring substituents is 1. The van der Waals surface area contributed by atoms with Crippen LogP contribution in [-0.2, 0) is 0 Å². The van der Waals surface area contributed by atoms with E-state index in [1.807, 2.05) is 24.3 Å². The number of hydrogen-bond acceptors (Lipinski definition) is 5. The van der Waals surface area contributed by atoms with Crippen LogP contribution in [0.3, 0.4) is 0 Å². The summed E-state index contributed by atoms with van der Waals surface area (Å²) in [5.41, 5.74) is 0.970. The summed E-state index contributed by atoms with van der Waals surface area (Å²) >= 11 is 0. The van der Waals surface area contributed by atoms with E-state index in [-0.39, 0.29) is 22.4 Å². The number of anilines is 1. The Morgan fingerprint density at radius 3 is 2.62 bits per heavy atom. The zero-order valence-electron chi connectivity index (χ0n) is 16.3. The lowest BCUT2D eigenvalue weighted by Crippen LogP contribution is -2.30. The first-order chi connectivity index (χ1) is 15.5. The predicted molar refractivity (Wildman–Crippen MR) is 116 cm³/mol. The molecule has 0 bridgehead atoms. The Hall–Kier alpha value is -4.66. The van der Waals surface area contributed by atoms with Crippen LogP contribution < -0.4 is 4.90 Å². The lowest BCUT2D eigenvalue weighted by Gasteiger charge is -2.16. The maximum absolute atomic E-state index is 14.0. The number of halogens is 1. The molecule has 8 nitrogen and oxygen atoms in total. The number of nitrogens with one attached hydrogen (secondary N) is 1. The second-order valence-corrected chi connectivity index (χ2v) is 7.09. The molecule has 0 unspecified atom stereocenters. The molecular formula is C23H13FN4O4. The minimum Gasteiger partial charge on any atom is -0.277 e. The molecule has 2 amide bonds. The van der Waals surface area contributed by atoms with E-state index in [9.17, 15) is 24.1 Å². The molecule has 156 valence electrons. The first-order valence-electron chi connectivity index (χ1n) is 9.52. The van der Waals surface area contributed by atoms with Gasteiger partial charge in [-0.1, -0.05) is 30.3 Å². The first-order valence-corrected chi connectivity index (χ1v) is 9.52. The van der Waals surface area contributed by atoms with E-state index in [2.05, 4.69) is 10.2 Å². The average Bonchev–Trinajstić information content (AvgIpc) is 3.31. The predicted octanol–water partition coefficient (Wildman–Crippen LogP) is 4.58. The van der Waals surface area contributed by atoms with Crippen LogP contribution in [0.5, 0.6) is 0 Å². The fourth-order valence-corrected chi connectivity index (χ4v) is 3.78. The Labute approximate surface area is 179 Å². The largest absolute Gasteiger partial charge is 0.283 e. The number of aromatic amines is 1. The highest BCUT2D eigenvalue weighted by Gasteiger charge is 2.42. The van der Waals surface area contributed by atoms with Gasteiger partial charge < -0.3 is 0 Å². The van der Waals surface area contributed by atoms with Gasteiger partial charge in [0.25, 0.3) is 17.5 Å². The Morgan fingerprint density at radius 1 is 1.00 bits per heavy atom. The number of hydrogen-bond donors (Lipinski definition) is 1. The van der Waals surface area contributed by atoms with Crippen molar-refractivity contribution in [1.29, 1.82) is 0 Å². The molecule has 1 aromatic heterocycles. The fraction of sp³-hybridized carbons (Fsp3) is 0. The number of para-hydroxylation sites is 1. The molecule has 0 spiro atoms. The number of fused-ring (bicyclic) bond motifs is 2. The van der Waals surface area contributed by atoms with Crippen LogP contribution in [0.2, 0.25) is 0 Å². The Kier molecular flexibility index (Phi) is 4.37. The van der Waals surface area contributed by atoms with Crippen molar-refractivity contribution in [1.82, 2.24) is 10.2 Å². The van der Waals surface area contributed by atoms with Crippen LogP contribution in [0.15, 0.2) is 60.7 Å². The quantitative estimate of drug-likeness (QED) is 0.291. The summed E-state index contributed by atoms with van der Waals surface area (Å²) in [5, 5.41) is 19.3. The van der Waals surface area contributed by atoms with E-state index >= 15 is 0 Å². The molecule has 5 rings (SSSR count). The van der Waals surface area contributed by atoms with E-state index in [1.54, 1.807) is 12.2 Å². The third-order valence-electron chi connectivity index (χ3n) is 5.24. The number of rotatable bonds is 4. The van der Waals surface area contributed by atoms with E-state index in [1.165, 1.54) is 30.3 Å². The second kappa shape index (κ2) is 7.24. The SMILES string of the molecule is O=C1c2cccc([N+](=O)[O-])c2C(=O)N1c1ccc(F)cc1/C=C/c1n[nH]c2ccccc12. The summed E-state index contributed by atoms with van der Waals surface area (Å²) < 4.78 is 14.0. The number of carbonyl (C=O) groups excluding carboxylic acids is 2. The van der Waals surface area contributed by atoms with Gasteiger partial charge in [-0.25, -0.2) is 9.29 Å². The van der Waals surface area contributed by atoms with Crippen LogP contribution in [0.25, 0.3) is 23.1 Å². The van der Waals surface area contributed by atoms with Gasteiger partial charge in [-0.2, -0.15) is 5.10 Å². The lowest BCUT2D eigenvalue weighted by molar-refractivity contribution is -0.385. The highest BCUT2D eigenvalue weighted by Crippen LogP contribution is 2.36. The number of aromatic nitrogens is 2. The zero-order chi connectivity index (χ0) is 22.4. The first kappa shape index (κ1) is 19.3. The smallest absolute Gasteiger partial charge is 0.277 e. The van der Waals surface area contributed by atoms with E-state index in [4.69, 9.17) is 0 Å². The van der Waals surface area contributed by atoms with Gasteiger partial charge in [-0.15, -0.1) is 0 Å². The van der Waals surface area contributed by atoms with Crippen LogP contribution in [-0.4, -0.2) is 26.9 Å². The molecule has 32 heavy (non-hydrogen) atoms. The molecule has 9 heteroatoms. The van der Waals surface area contributed by atoms with E-state index in [0.29, 0.717) is 5.69 Å². The average molecular weight is 428 g/mol. The van der Waals surface area contributed by atoms with E-state index < -0.39 is 28.2 Å². The number of nitrogens with zero attached hydrogens (tertiary/aromatic N) is 3. The maximum atomic E-state index is 14.0. The van der Waals surface area contributed by atoms with Gasteiger partial charge in [0.05, 0.1) is 27.4 Å². The van der Waals surface area contributed by atoms with Crippen LogP contribution >= 0.6 is 0 Å². The normalized spacial score (nSPS) is 13.3. The number of nitro groups is 1. The van der Waals surface area contributed by atoms with Crippen molar-refractivity contribution in [3.63, 3.8) is 0 Å². The van der Waals surface area contributed by atoms with Crippen molar-refractivity contribution in [2.24, 2.45) is 0 Å². The molecule has 1 N–H and O–H groups in total. The number of amides is 2. The Bertz CT molecular complexity index is 1470.